The number of nitrogens with zero attached hydrogens (tertiary/aromatic N) is 2. The molecule has 0 aromatic heterocycles. The monoisotopic (exact) mass is 507 g/mol. The Morgan fingerprint density at radius 1 is 1.06 bits per heavy atom. The second kappa shape index (κ2) is 12.2. The van der Waals surface area contributed by atoms with Crippen molar-refractivity contribution in [3.8, 4) is 0 Å². The SMILES string of the molecule is CCCNC(=O)C(CC)N(Cc1ccc(C)cc1)C(=O)CN(c1cccc(Cl)c1C)S(C)(=O)=O. The number of hydrogen-bond donors (Lipinski definition) is 1. The predicted molar refractivity (Wildman–Crippen MR) is 137 cm³/mol. The Bertz CT molecular complexity index is 1100. The van der Waals surface area contributed by atoms with Gasteiger partial charge in [-0.2, -0.15) is 0 Å². The van der Waals surface area contributed by atoms with E-state index >= 15 is 0 Å². The summed E-state index contributed by atoms with van der Waals surface area (Å²) < 4.78 is 26.4. The molecular formula is C25H34ClN3O4S. The van der Waals surface area contributed by atoms with Gasteiger partial charge in [0.25, 0.3) is 0 Å². The van der Waals surface area contributed by atoms with Gasteiger partial charge in [0.1, 0.15) is 12.6 Å². The van der Waals surface area contributed by atoms with Gasteiger partial charge in [0.2, 0.25) is 21.8 Å². The molecule has 0 saturated carbocycles. The van der Waals surface area contributed by atoms with Crippen molar-refractivity contribution in [1.29, 1.82) is 0 Å². The van der Waals surface area contributed by atoms with Gasteiger partial charge in [0.15, 0.2) is 0 Å². The number of anilines is 1. The van der Waals surface area contributed by atoms with Crippen LogP contribution >= 0.6 is 11.6 Å². The molecule has 0 aliphatic carbocycles. The van der Waals surface area contributed by atoms with Crippen LogP contribution in [0.4, 0.5) is 5.69 Å². The van der Waals surface area contributed by atoms with Crippen LogP contribution in [-0.4, -0.2) is 50.5 Å². The number of sulfonamides is 1. The lowest BCUT2D eigenvalue weighted by atomic mass is 10.1. The number of amides is 2. The number of aryl methyl sites for hydroxylation is 1. The third-order valence-corrected chi connectivity index (χ3v) is 7.13. The third-order valence-electron chi connectivity index (χ3n) is 5.60. The summed E-state index contributed by atoms with van der Waals surface area (Å²) in [6, 6.07) is 11.9. The van der Waals surface area contributed by atoms with Gasteiger partial charge in [-0.25, -0.2) is 8.42 Å². The summed E-state index contributed by atoms with van der Waals surface area (Å²) in [4.78, 5) is 28.0. The van der Waals surface area contributed by atoms with Crippen molar-refractivity contribution in [2.75, 3.05) is 23.7 Å². The molecule has 0 spiro atoms. The molecule has 1 N–H and O–H groups in total. The lowest BCUT2D eigenvalue weighted by Gasteiger charge is -2.33. The molecule has 2 aromatic rings. The molecule has 2 rings (SSSR count). The average Bonchev–Trinajstić information content (AvgIpc) is 2.78. The van der Waals surface area contributed by atoms with Crippen molar-refractivity contribution in [1.82, 2.24) is 10.2 Å². The van der Waals surface area contributed by atoms with Gasteiger partial charge in [-0.15, -0.1) is 0 Å². The maximum atomic E-state index is 13.6. The van der Waals surface area contributed by atoms with Gasteiger partial charge in [-0.3, -0.25) is 13.9 Å². The average molecular weight is 508 g/mol. The minimum atomic E-state index is -3.80. The van der Waals surface area contributed by atoms with E-state index in [2.05, 4.69) is 5.32 Å². The molecule has 1 atom stereocenters. The molecule has 0 bridgehead atoms. The van der Waals surface area contributed by atoms with E-state index in [0.29, 0.717) is 29.2 Å². The molecule has 7 nitrogen and oxygen atoms in total. The summed E-state index contributed by atoms with van der Waals surface area (Å²) in [6.07, 6.45) is 2.21. The van der Waals surface area contributed by atoms with Gasteiger partial charge in [-0.1, -0.05) is 61.3 Å². The Balaban J connectivity index is 2.46. The van der Waals surface area contributed by atoms with E-state index in [0.717, 1.165) is 28.1 Å². The Morgan fingerprint density at radius 3 is 2.26 bits per heavy atom. The quantitative estimate of drug-likeness (QED) is 0.497. The van der Waals surface area contributed by atoms with Crippen LogP contribution in [0, 0.1) is 13.8 Å². The number of carbonyl (C=O) groups is 2. The number of benzene rings is 2. The zero-order chi connectivity index (χ0) is 25.5. The molecule has 9 heteroatoms. The van der Waals surface area contributed by atoms with Crippen molar-refractivity contribution in [2.45, 2.75) is 53.1 Å². The zero-order valence-corrected chi connectivity index (χ0v) is 22.0. The number of nitrogens with one attached hydrogen (secondary N) is 1. The maximum Gasteiger partial charge on any atom is 0.244 e. The van der Waals surface area contributed by atoms with E-state index in [1.807, 2.05) is 45.0 Å². The van der Waals surface area contributed by atoms with Gasteiger partial charge in [0.05, 0.1) is 11.9 Å². The molecule has 0 aliphatic rings. The van der Waals surface area contributed by atoms with Crippen LogP contribution in [0.1, 0.15) is 43.4 Å². The van der Waals surface area contributed by atoms with E-state index in [9.17, 15) is 18.0 Å². The second-order valence-electron chi connectivity index (χ2n) is 8.38. The fraction of sp³-hybridized carbons (Fsp3) is 0.440. The first-order chi connectivity index (χ1) is 16.0. The van der Waals surface area contributed by atoms with Crippen LogP contribution in [0.2, 0.25) is 5.02 Å². The van der Waals surface area contributed by atoms with Crippen LogP contribution in [-0.2, 0) is 26.2 Å². The first kappa shape index (κ1) is 27.7. The summed E-state index contributed by atoms with van der Waals surface area (Å²) in [7, 11) is -3.80. The topological polar surface area (TPSA) is 86.8 Å². The van der Waals surface area contributed by atoms with E-state index in [-0.39, 0.29) is 12.5 Å². The fourth-order valence-electron chi connectivity index (χ4n) is 3.64. The zero-order valence-electron chi connectivity index (χ0n) is 20.5. The first-order valence-electron chi connectivity index (χ1n) is 11.3. The standard InChI is InChI=1S/C25H34ClN3O4S/c1-6-15-27-25(31)22(7-2)28(16-20-13-11-18(3)12-14-20)24(30)17-29(34(5,32)33)23-10-8-9-21(26)19(23)4/h8-14,22H,6-7,15-17H2,1-5H3,(H,27,31). The summed E-state index contributed by atoms with van der Waals surface area (Å²) in [5.74, 6) is -0.724. The number of carbonyl (C=O) groups excluding carboxylic acids is 2. The fourth-order valence-corrected chi connectivity index (χ4v) is 4.71. The Hall–Kier alpha value is -2.58. The molecule has 0 heterocycles. The largest absolute Gasteiger partial charge is 0.354 e. The van der Waals surface area contributed by atoms with E-state index < -0.39 is 28.5 Å². The molecular weight excluding hydrogens is 474 g/mol. The van der Waals surface area contributed by atoms with Crippen LogP contribution in [0.5, 0.6) is 0 Å². The second-order valence-corrected chi connectivity index (χ2v) is 10.7. The van der Waals surface area contributed by atoms with Crippen LogP contribution < -0.4 is 9.62 Å². The molecule has 1 unspecified atom stereocenters. The predicted octanol–water partition coefficient (Wildman–Crippen LogP) is 4.06. The van der Waals surface area contributed by atoms with Gasteiger partial charge >= 0.3 is 0 Å². The number of halogens is 1. The third kappa shape index (κ3) is 7.21. The normalized spacial score (nSPS) is 12.2. The molecule has 0 aliphatic heterocycles. The van der Waals surface area contributed by atoms with E-state index in [1.165, 1.54) is 4.90 Å². The Kier molecular flexibility index (Phi) is 9.94. The van der Waals surface area contributed by atoms with Gasteiger partial charge in [0, 0.05) is 18.1 Å². The van der Waals surface area contributed by atoms with Crippen molar-refractivity contribution < 1.29 is 18.0 Å². The van der Waals surface area contributed by atoms with Crippen molar-refractivity contribution in [3.05, 3.63) is 64.2 Å². The number of hydrogen-bond acceptors (Lipinski definition) is 4. The molecule has 2 amide bonds. The molecule has 0 saturated heterocycles. The molecule has 0 radical (unpaired) electrons. The molecule has 34 heavy (non-hydrogen) atoms. The minimum absolute atomic E-state index is 0.184. The Morgan fingerprint density at radius 2 is 1.71 bits per heavy atom. The minimum Gasteiger partial charge on any atom is -0.354 e. The highest BCUT2D eigenvalue weighted by atomic mass is 35.5. The van der Waals surface area contributed by atoms with Crippen molar-refractivity contribution >= 4 is 39.1 Å². The molecule has 0 fully saturated rings. The maximum absolute atomic E-state index is 13.6. The first-order valence-corrected chi connectivity index (χ1v) is 13.6. The summed E-state index contributed by atoms with van der Waals surface area (Å²) in [6.45, 7) is 7.70. The van der Waals surface area contributed by atoms with Crippen LogP contribution in [0.3, 0.4) is 0 Å². The summed E-state index contributed by atoms with van der Waals surface area (Å²) in [5.41, 5.74) is 2.82. The van der Waals surface area contributed by atoms with E-state index in [1.54, 1.807) is 25.1 Å². The van der Waals surface area contributed by atoms with Crippen LogP contribution in [0.25, 0.3) is 0 Å². The highest BCUT2D eigenvalue weighted by Crippen LogP contribution is 2.28. The summed E-state index contributed by atoms with van der Waals surface area (Å²) >= 11 is 6.22. The number of rotatable bonds is 11. The molecule has 186 valence electrons. The molecule has 2 aromatic carbocycles. The van der Waals surface area contributed by atoms with Gasteiger partial charge < -0.3 is 10.2 Å². The van der Waals surface area contributed by atoms with Gasteiger partial charge in [-0.05, 0) is 49.9 Å². The summed E-state index contributed by atoms with van der Waals surface area (Å²) in [5, 5.41) is 3.27. The highest BCUT2D eigenvalue weighted by Gasteiger charge is 2.32. The van der Waals surface area contributed by atoms with Crippen molar-refractivity contribution in [3.63, 3.8) is 0 Å². The Labute approximate surface area is 208 Å². The van der Waals surface area contributed by atoms with E-state index in [4.69, 9.17) is 11.6 Å². The lowest BCUT2D eigenvalue weighted by Crippen LogP contribution is -2.52. The lowest BCUT2D eigenvalue weighted by molar-refractivity contribution is -0.140. The van der Waals surface area contributed by atoms with Crippen molar-refractivity contribution in [2.24, 2.45) is 0 Å². The highest BCUT2D eigenvalue weighted by molar-refractivity contribution is 7.92. The van der Waals surface area contributed by atoms with Crippen LogP contribution in [0.15, 0.2) is 42.5 Å². The smallest absolute Gasteiger partial charge is 0.244 e.